The summed E-state index contributed by atoms with van der Waals surface area (Å²) in [5, 5.41) is 6.06. The zero-order valence-electron chi connectivity index (χ0n) is 39.8. The highest BCUT2D eigenvalue weighted by molar-refractivity contribution is 6.29. The van der Waals surface area contributed by atoms with Crippen molar-refractivity contribution in [1.29, 1.82) is 0 Å². The number of hydrogen-bond acceptors (Lipinski definition) is 4. The monoisotopic (exact) mass is 739 g/mol. The number of hydrogen-bond donors (Lipinski definition) is 0. The van der Waals surface area contributed by atoms with Crippen LogP contribution in [0.25, 0.3) is 111 Å². The van der Waals surface area contributed by atoms with E-state index in [2.05, 4.69) is 90.8 Å². The van der Waals surface area contributed by atoms with Gasteiger partial charge in [0.25, 0.3) is 0 Å². The van der Waals surface area contributed by atoms with Gasteiger partial charge in [-0.1, -0.05) is 133 Å². The summed E-state index contributed by atoms with van der Waals surface area (Å²) in [6, 6.07) is 36.8. The normalized spacial score (nSPS) is 14.3. The smallest absolute Gasteiger partial charge is 0.164 e. The van der Waals surface area contributed by atoms with Crippen molar-refractivity contribution in [1.82, 2.24) is 24.1 Å². The summed E-state index contributed by atoms with van der Waals surface area (Å²) in [5.74, 6) is -0.742. The SMILES string of the molecule is [2H]c1c([2H])c([2H])c(-c2nc(-c3ccc4c(c3)oc3c(-n5c6ccccc6c6c7c8ccccc8n(-c8ccccc8)c7ccc65)cccc34)nc(-c3c([2H])c([2H])c([2H])c([2H])c3[2H])n2)c([2H])c1[2H]. The van der Waals surface area contributed by atoms with Gasteiger partial charge < -0.3 is 13.6 Å². The second-order valence-corrected chi connectivity index (χ2v) is 13.7. The van der Waals surface area contributed by atoms with Crippen LogP contribution in [0.1, 0.15) is 13.7 Å². The van der Waals surface area contributed by atoms with Crippen LogP contribution in [0.4, 0.5) is 0 Å². The van der Waals surface area contributed by atoms with Crippen molar-refractivity contribution in [2.45, 2.75) is 0 Å². The van der Waals surface area contributed by atoms with E-state index in [0.29, 0.717) is 16.7 Å². The van der Waals surface area contributed by atoms with E-state index < -0.39 is 60.4 Å². The van der Waals surface area contributed by atoms with Gasteiger partial charge in [0.2, 0.25) is 0 Å². The molecule has 4 heterocycles. The fraction of sp³-hybridized carbons (Fsp3) is 0. The van der Waals surface area contributed by atoms with E-state index in [-0.39, 0.29) is 28.6 Å². The molecule has 0 radical (unpaired) electrons. The number of nitrogens with zero attached hydrogens (tertiary/aromatic N) is 5. The Morgan fingerprint density at radius 1 is 0.421 bits per heavy atom. The van der Waals surface area contributed by atoms with Gasteiger partial charge in [0.15, 0.2) is 23.1 Å². The summed E-state index contributed by atoms with van der Waals surface area (Å²) in [5.41, 5.74) is 6.79. The van der Waals surface area contributed by atoms with Crippen LogP contribution in [0, 0.1) is 0 Å². The Bertz CT molecular complexity index is 3980. The fourth-order valence-electron chi connectivity index (χ4n) is 8.18. The minimum Gasteiger partial charge on any atom is -0.454 e. The summed E-state index contributed by atoms with van der Waals surface area (Å²) >= 11 is 0. The molecule has 0 unspecified atom stereocenters. The van der Waals surface area contributed by atoms with E-state index >= 15 is 0 Å². The second-order valence-electron chi connectivity index (χ2n) is 13.7. The van der Waals surface area contributed by atoms with Crippen LogP contribution in [-0.2, 0) is 0 Å². The summed E-state index contributed by atoms with van der Waals surface area (Å²) in [7, 11) is 0. The van der Waals surface area contributed by atoms with Crippen molar-refractivity contribution < 1.29 is 18.1 Å². The maximum Gasteiger partial charge on any atom is 0.164 e. The third-order valence-corrected chi connectivity index (χ3v) is 10.5. The first-order valence-electron chi connectivity index (χ1n) is 23.3. The predicted molar refractivity (Wildman–Crippen MR) is 232 cm³/mol. The average molecular weight is 740 g/mol. The van der Waals surface area contributed by atoms with Crippen molar-refractivity contribution >= 4 is 65.6 Å². The molecule has 6 heteroatoms. The summed E-state index contributed by atoms with van der Waals surface area (Å²) in [4.78, 5) is 13.7. The standard InChI is InChI=1S/C51H31N5O/c1-4-15-32(16-5-1)49-52-50(33-17-6-2-7-18-33)54-51(53-49)34-27-28-36-37-23-14-26-44(48(37)57-45(36)31-34)56-41-25-13-11-22-39(41)47-43(56)30-29-42-46(47)38-21-10-12-24-40(38)55(42)35-19-8-3-9-20-35/h1-31H/i1D,2D,4D,5D,6D,7D,15D,16D,17D,18D. The number of aromatic nitrogens is 5. The Balaban J connectivity index is 1.09. The molecule has 6 nitrogen and oxygen atoms in total. The van der Waals surface area contributed by atoms with Crippen molar-refractivity contribution in [3.8, 4) is 45.5 Å². The van der Waals surface area contributed by atoms with Crippen LogP contribution >= 0.6 is 0 Å². The minimum absolute atomic E-state index is 0.0534. The van der Waals surface area contributed by atoms with Gasteiger partial charge in [0, 0.05) is 54.7 Å². The first kappa shape index (κ1) is 23.2. The van der Waals surface area contributed by atoms with Crippen LogP contribution in [0.3, 0.4) is 0 Å². The summed E-state index contributed by atoms with van der Waals surface area (Å²) in [6.07, 6.45) is 0. The van der Waals surface area contributed by atoms with Gasteiger partial charge in [-0.3, -0.25) is 0 Å². The lowest BCUT2D eigenvalue weighted by atomic mass is 10.1. The van der Waals surface area contributed by atoms with E-state index in [1.54, 1.807) is 12.1 Å². The molecule has 0 saturated carbocycles. The van der Waals surface area contributed by atoms with Crippen LogP contribution in [0.5, 0.6) is 0 Å². The Hall–Kier alpha value is -7.83. The molecular weight excluding hydrogens is 699 g/mol. The first-order valence-corrected chi connectivity index (χ1v) is 18.3. The van der Waals surface area contributed by atoms with Crippen molar-refractivity contribution in [2.75, 3.05) is 0 Å². The molecule has 4 aromatic heterocycles. The molecule has 0 aliphatic rings. The Morgan fingerprint density at radius 3 is 1.61 bits per heavy atom. The zero-order chi connectivity index (χ0) is 46.2. The van der Waals surface area contributed by atoms with Gasteiger partial charge in [0.1, 0.15) is 5.58 Å². The molecule has 0 bridgehead atoms. The predicted octanol–water partition coefficient (Wildman–Crippen LogP) is 13.0. The molecule has 0 N–H and O–H groups in total. The zero-order valence-corrected chi connectivity index (χ0v) is 29.8. The third-order valence-electron chi connectivity index (χ3n) is 10.5. The maximum atomic E-state index is 8.72. The first-order chi connectivity index (χ1) is 32.4. The number of furan rings is 1. The van der Waals surface area contributed by atoms with E-state index in [1.165, 1.54) is 0 Å². The molecule has 57 heavy (non-hydrogen) atoms. The number of fused-ring (bicyclic) bond motifs is 10. The maximum absolute atomic E-state index is 8.72. The Kier molecular flexibility index (Phi) is 5.02. The lowest BCUT2D eigenvalue weighted by Gasteiger charge is -2.09. The second kappa shape index (κ2) is 12.3. The third kappa shape index (κ3) is 4.81. The molecule has 0 fully saturated rings. The molecular formula is C51H31N5O. The number of rotatable bonds is 5. The largest absolute Gasteiger partial charge is 0.454 e. The molecule has 0 aliphatic heterocycles. The minimum atomic E-state index is -0.617. The van der Waals surface area contributed by atoms with E-state index in [0.717, 1.165) is 65.8 Å². The van der Waals surface area contributed by atoms with Crippen LogP contribution in [-0.4, -0.2) is 24.1 Å². The van der Waals surface area contributed by atoms with Crippen molar-refractivity contribution in [2.24, 2.45) is 0 Å². The van der Waals surface area contributed by atoms with Gasteiger partial charge >= 0.3 is 0 Å². The summed E-state index contributed by atoms with van der Waals surface area (Å²) in [6.45, 7) is 0. The average Bonchev–Trinajstić information content (AvgIpc) is 4.01. The number of para-hydroxylation sites is 4. The van der Waals surface area contributed by atoms with Crippen molar-refractivity contribution in [3.63, 3.8) is 0 Å². The highest BCUT2D eigenvalue weighted by Gasteiger charge is 2.23. The van der Waals surface area contributed by atoms with Crippen LogP contribution < -0.4 is 0 Å². The van der Waals surface area contributed by atoms with Gasteiger partial charge in [0.05, 0.1) is 41.5 Å². The highest BCUT2D eigenvalue weighted by atomic mass is 16.3. The molecule has 8 aromatic carbocycles. The van der Waals surface area contributed by atoms with Gasteiger partial charge in [-0.15, -0.1) is 0 Å². The molecule has 12 aromatic rings. The van der Waals surface area contributed by atoms with Crippen LogP contribution in [0.2, 0.25) is 0 Å². The quantitative estimate of drug-likeness (QED) is 0.176. The van der Waals surface area contributed by atoms with E-state index in [1.807, 2.05) is 48.5 Å². The Labute approximate surface area is 340 Å². The summed E-state index contributed by atoms with van der Waals surface area (Å²) < 4.78 is 95.9. The van der Waals surface area contributed by atoms with E-state index in [9.17, 15) is 0 Å². The van der Waals surface area contributed by atoms with Gasteiger partial charge in [-0.25, -0.2) is 15.0 Å². The lowest BCUT2D eigenvalue weighted by Crippen LogP contribution is -2.00. The van der Waals surface area contributed by atoms with Crippen LogP contribution in [0.15, 0.2) is 192 Å². The Morgan fingerprint density at radius 2 is 0.965 bits per heavy atom. The molecule has 0 aliphatic carbocycles. The lowest BCUT2D eigenvalue weighted by molar-refractivity contribution is 0.666. The van der Waals surface area contributed by atoms with Gasteiger partial charge in [-0.2, -0.15) is 0 Å². The highest BCUT2D eigenvalue weighted by Crippen LogP contribution is 2.44. The topological polar surface area (TPSA) is 61.7 Å². The molecule has 0 saturated heterocycles. The molecule has 0 amide bonds. The molecule has 0 atom stereocenters. The van der Waals surface area contributed by atoms with Crippen molar-refractivity contribution in [3.05, 3.63) is 188 Å². The molecule has 12 rings (SSSR count). The van der Waals surface area contributed by atoms with E-state index in [4.69, 9.17) is 18.1 Å². The van der Waals surface area contributed by atoms with Gasteiger partial charge in [-0.05, 0) is 54.6 Å². The molecule has 266 valence electrons. The molecule has 0 spiro atoms. The number of benzene rings is 8. The fourth-order valence-corrected chi connectivity index (χ4v) is 8.18.